The molecule has 1 heterocycles. The molecule has 1 aliphatic rings. The van der Waals surface area contributed by atoms with E-state index in [2.05, 4.69) is 0 Å². The molecule has 0 aliphatic carbocycles. The Hall–Kier alpha value is -1.81. The van der Waals surface area contributed by atoms with E-state index in [9.17, 15) is 8.42 Å². The summed E-state index contributed by atoms with van der Waals surface area (Å²) in [5.41, 5.74) is 3.48. The molecule has 0 aromatic heterocycles. The molecule has 92 valence electrons. The Labute approximate surface area is 106 Å². The van der Waals surface area contributed by atoms with E-state index in [1.165, 1.54) is 0 Å². The fraction of sp³-hybridized carbons (Fsp3) is 0.143. The fourth-order valence-electron chi connectivity index (χ4n) is 2.33. The number of fused-ring (bicyclic) bond motifs is 3. The molecule has 1 aliphatic heterocycles. The Morgan fingerprint density at radius 3 is 2.50 bits per heavy atom. The average molecular weight is 260 g/mol. The van der Waals surface area contributed by atoms with E-state index in [0.29, 0.717) is 11.3 Å². The van der Waals surface area contributed by atoms with Gasteiger partial charge in [0.05, 0.1) is 0 Å². The van der Waals surface area contributed by atoms with Crippen molar-refractivity contribution in [2.45, 2.75) is 18.7 Å². The lowest BCUT2D eigenvalue weighted by Gasteiger charge is -2.22. The van der Waals surface area contributed by atoms with Crippen molar-refractivity contribution in [3.8, 4) is 16.9 Å². The van der Waals surface area contributed by atoms with Crippen molar-refractivity contribution in [3.05, 3.63) is 47.5 Å². The van der Waals surface area contributed by atoms with Crippen molar-refractivity contribution in [1.82, 2.24) is 0 Å². The van der Waals surface area contributed by atoms with Crippen molar-refractivity contribution >= 4 is 10.1 Å². The van der Waals surface area contributed by atoms with Gasteiger partial charge in [-0.25, -0.2) is 0 Å². The summed E-state index contributed by atoms with van der Waals surface area (Å²) in [4.78, 5) is 0.238. The molecular formula is C14H12O3S. The highest BCUT2D eigenvalue weighted by atomic mass is 32.2. The predicted octanol–water partition coefficient (Wildman–Crippen LogP) is 3.05. The van der Waals surface area contributed by atoms with Gasteiger partial charge < -0.3 is 4.18 Å². The minimum atomic E-state index is -3.69. The van der Waals surface area contributed by atoms with E-state index in [1.54, 1.807) is 12.1 Å². The van der Waals surface area contributed by atoms with Gasteiger partial charge in [0.1, 0.15) is 4.90 Å². The van der Waals surface area contributed by atoms with Crippen LogP contribution < -0.4 is 4.18 Å². The number of aryl methyl sites for hydroxylation is 2. The fourth-order valence-corrected chi connectivity index (χ4v) is 3.55. The molecule has 0 saturated heterocycles. The van der Waals surface area contributed by atoms with Crippen LogP contribution in [-0.2, 0) is 10.1 Å². The minimum Gasteiger partial charge on any atom is -0.378 e. The maximum absolute atomic E-state index is 12.1. The second kappa shape index (κ2) is 3.59. The molecule has 0 N–H and O–H groups in total. The lowest BCUT2D eigenvalue weighted by atomic mass is 9.99. The maximum atomic E-state index is 12.1. The third-order valence-electron chi connectivity index (χ3n) is 3.06. The van der Waals surface area contributed by atoms with Crippen LogP contribution in [0, 0.1) is 13.8 Å². The molecule has 0 bridgehead atoms. The zero-order valence-electron chi connectivity index (χ0n) is 10.1. The molecular weight excluding hydrogens is 248 g/mol. The Bertz CT molecular complexity index is 746. The van der Waals surface area contributed by atoms with Crippen molar-refractivity contribution in [3.63, 3.8) is 0 Å². The first kappa shape index (κ1) is 11.3. The Balaban J connectivity index is 2.44. The molecule has 3 rings (SSSR count). The van der Waals surface area contributed by atoms with Crippen LogP contribution in [0.4, 0.5) is 0 Å². The molecule has 0 atom stereocenters. The Morgan fingerprint density at radius 2 is 1.72 bits per heavy atom. The normalized spacial score (nSPS) is 15.4. The average Bonchev–Trinajstić information content (AvgIpc) is 2.31. The van der Waals surface area contributed by atoms with Gasteiger partial charge in [0, 0.05) is 11.1 Å². The van der Waals surface area contributed by atoms with Gasteiger partial charge in [-0.1, -0.05) is 24.3 Å². The molecule has 0 fully saturated rings. The smallest absolute Gasteiger partial charge is 0.339 e. The first-order valence-corrected chi connectivity index (χ1v) is 7.05. The summed E-state index contributed by atoms with van der Waals surface area (Å²) >= 11 is 0. The van der Waals surface area contributed by atoms with Crippen molar-refractivity contribution in [2.24, 2.45) is 0 Å². The molecule has 2 aromatic rings. The van der Waals surface area contributed by atoms with E-state index < -0.39 is 10.1 Å². The summed E-state index contributed by atoms with van der Waals surface area (Å²) in [5, 5.41) is 0. The Kier molecular flexibility index (Phi) is 2.25. The van der Waals surface area contributed by atoms with Crippen LogP contribution >= 0.6 is 0 Å². The maximum Gasteiger partial charge on any atom is 0.339 e. The van der Waals surface area contributed by atoms with E-state index >= 15 is 0 Å². The van der Waals surface area contributed by atoms with Crippen molar-refractivity contribution in [2.75, 3.05) is 0 Å². The summed E-state index contributed by atoms with van der Waals surface area (Å²) in [7, 11) is -3.69. The molecule has 0 saturated carbocycles. The highest BCUT2D eigenvalue weighted by Crippen LogP contribution is 2.43. The molecule has 0 amide bonds. The zero-order valence-corrected chi connectivity index (χ0v) is 10.9. The third kappa shape index (κ3) is 1.53. The highest BCUT2D eigenvalue weighted by molar-refractivity contribution is 7.87. The van der Waals surface area contributed by atoms with Crippen LogP contribution in [0.15, 0.2) is 41.3 Å². The van der Waals surface area contributed by atoms with Crippen molar-refractivity contribution in [1.29, 1.82) is 0 Å². The monoisotopic (exact) mass is 260 g/mol. The van der Waals surface area contributed by atoms with Crippen LogP contribution in [0.25, 0.3) is 11.1 Å². The lowest BCUT2D eigenvalue weighted by Crippen LogP contribution is -2.16. The third-order valence-corrected chi connectivity index (χ3v) is 4.34. The summed E-state index contributed by atoms with van der Waals surface area (Å²) < 4.78 is 29.3. The van der Waals surface area contributed by atoms with Crippen LogP contribution in [0.3, 0.4) is 0 Å². The van der Waals surface area contributed by atoms with Crippen LogP contribution in [0.5, 0.6) is 5.75 Å². The molecule has 2 aromatic carbocycles. The van der Waals surface area contributed by atoms with Gasteiger partial charge in [0.25, 0.3) is 0 Å². The first-order valence-electron chi connectivity index (χ1n) is 5.64. The molecule has 3 nitrogen and oxygen atoms in total. The van der Waals surface area contributed by atoms with Gasteiger partial charge in [0.15, 0.2) is 5.75 Å². The molecule has 0 spiro atoms. The second-order valence-corrected chi connectivity index (χ2v) is 6.01. The zero-order chi connectivity index (χ0) is 12.9. The largest absolute Gasteiger partial charge is 0.378 e. The van der Waals surface area contributed by atoms with Crippen LogP contribution in [0.2, 0.25) is 0 Å². The van der Waals surface area contributed by atoms with Gasteiger partial charge in [-0.3, -0.25) is 0 Å². The minimum absolute atomic E-state index is 0.238. The quantitative estimate of drug-likeness (QED) is 0.684. The standard InChI is InChI=1S/C14H12O3S/c1-9-7-10(2)14-12(8-9)11-5-3-4-6-13(11)18(15,16)17-14/h3-8H,1-2H3. The summed E-state index contributed by atoms with van der Waals surface area (Å²) in [6, 6.07) is 10.8. The number of hydrogen-bond donors (Lipinski definition) is 0. The van der Waals surface area contributed by atoms with Gasteiger partial charge in [-0.15, -0.1) is 0 Å². The first-order chi connectivity index (χ1) is 8.49. The summed E-state index contributed by atoms with van der Waals surface area (Å²) in [6.45, 7) is 3.84. The van der Waals surface area contributed by atoms with E-state index in [-0.39, 0.29) is 4.90 Å². The number of hydrogen-bond acceptors (Lipinski definition) is 3. The number of benzene rings is 2. The SMILES string of the molecule is Cc1cc(C)c2c(c1)-c1ccccc1S(=O)(=O)O2. The van der Waals surface area contributed by atoms with Crippen LogP contribution in [-0.4, -0.2) is 8.42 Å². The predicted molar refractivity (Wildman–Crippen MR) is 69.2 cm³/mol. The molecule has 0 unspecified atom stereocenters. The van der Waals surface area contributed by atoms with Crippen molar-refractivity contribution < 1.29 is 12.6 Å². The summed E-state index contributed by atoms with van der Waals surface area (Å²) in [6.07, 6.45) is 0. The van der Waals surface area contributed by atoms with Gasteiger partial charge in [-0.2, -0.15) is 8.42 Å². The topological polar surface area (TPSA) is 43.4 Å². The van der Waals surface area contributed by atoms with E-state index in [0.717, 1.165) is 16.7 Å². The Morgan fingerprint density at radius 1 is 1.00 bits per heavy atom. The lowest BCUT2D eigenvalue weighted by molar-refractivity contribution is 0.481. The molecule has 18 heavy (non-hydrogen) atoms. The van der Waals surface area contributed by atoms with Gasteiger partial charge >= 0.3 is 10.1 Å². The van der Waals surface area contributed by atoms with Gasteiger partial charge in [-0.05, 0) is 37.1 Å². The van der Waals surface area contributed by atoms with Crippen LogP contribution in [0.1, 0.15) is 11.1 Å². The van der Waals surface area contributed by atoms with E-state index in [4.69, 9.17) is 4.18 Å². The van der Waals surface area contributed by atoms with Gasteiger partial charge in [0.2, 0.25) is 0 Å². The summed E-state index contributed by atoms with van der Waals surface area (Å²) in [5.74, 6) is 0.444. The van der Waals surface area contributed by atoms with E-state index in [1.807, 2.05) is 38.1 Å². The highest BCUT2D eigenvalue weighted by Gasteiger charge is 2.30. The number of rotatable bonds is 0. The molecule has 0 radical (unpaired) electrons. The second-order valence-electron chi connectivity index (χ2n) is 4.49. The molecule has 4 heteroatoms.